The Hall–Kier alpha value is -1.13. The predicted molar refractivity (Wildman–Crippen MR) is 86.8 cm³/mol. The van der Waals surface area contributed by atoms with Gasteiger partial charge in [0.1, 0.15) is 0 Å². The quantitative estimate of drug-likeness (QED) is 0.870. The van der Waals surface area contributed by atoms with Gasteiger partial charge >= 0.3 is 0 Å². The molecule has 0 saturated heterocycles. The third-order valence-electron chi connectivity index (χ3n) is 3.43. The number of hydrogen-bond acceptors (Lipinski definition) is 2. The molecule has 1 aromatic heterocycles. The molecule has 20 heavy (non-hydrogen) atoms. The van der Waals surface area contributed by atoms with Gasteiger partial charge < -0.3 is 5.32 Å². The lowest BCUT2D eigenvalue weighted by Gasteiger charge is -2.20. The van der Waals surface area contributed by atoms with Crippen LogP contribution in [0.3, 0.4) is 0 Å². The van der Waals surface area contributed by atoms with Gasteiger partial charge in [0.2, 0.25) is 0 Å². The number of rotatable bonds is 6. The van der Waals surface area contributed by atoms with Crippen molar-refractivity contribution in [3.63, 3.8) is 0 Å². The third-order valence-corrected chi connectivity index (χ3v) is 4.16. The number of nitrogens with zero attached hydrogens (tertiary/aromatic N) is 2. The number of nitrogens with one attached hydrogen (secondary N) is 1. The molecule has 2 rings (SSSR count). The average molecular weight is 336 g/mol. The molecule has 0 bridgehead atoms. The zero-order chi connectivity index (χ0) is 14.5. The van der Waals surface area contributed by atoms with Gasteiger partial charge in [0.15, 0.2) is 0 Å². The first-order valence-electron chi connectivity index (χ1n) is 7.09. The fourth-order valence-electron chi connectivity index (χ4n) is 2.43. The van der Waals surface area contributed by atoms with Crippen molar-refractivity contribution in [3.05, 3.63) is 51.8 Å². The Balaban J connectivity index is 2.24. The standard InChI is InChI=1S/C16H22BrN3/c1-4-9-18-16(14-7-5-6-8-15(14)17)11-13-10-12(2)19-20(13)3/h5-8,10,16,18H,4,9,11H2,1-3H3. The van der Waals surface area contributed by atoms with Crippen molar-refractivity contribution < 1.29 is 0 Å². The smallest absolute Gasteiger partial charge is 0.0596 e. The molecule has 0 aliphatic carbocycles. The molecule has 4 heteroatoms. The molecule has 108 valence electrons. The molecule has 1 N–H and O–H groups in total. The molecule has 2 aromatic rings. The molecule has 3 nitrogen and oxygen atoms in total. The van der Waals surface area contributed by atoms with E-state index in [4.69, 9.17) is 0 Å². The van der Waals surface area contributed by atoms with Gasteiger partial charge in [-0.15, -0.1) is 0 Å². The highest BCUT2D eigenvalue weighted by molar-refractivity contribution is 9.10. The van der Waals surface area contributed by atoms with Crippen molar-refractivity contribution in [2.24, 2.45) is 7.05 Å². The van der Waals surface area contributed by atoms with Crippen molar-refractivity contribution in [2.75, 3.05) is 6.54 Å². The highest BCUT2D eigenvalue weighted by Gasteiger charge is 2.16. The molecule has 1 atom stereocenters. The molecule has 0 aliphatic heterocycles. The van der Waals surface area contributed by atoms with Crippen molar-refractivity contribution in [2.45, 2.75) is 32.7 Å². The third kappa shape index (κ3) is 3.70. The van der Waals surface area contributed by atoms with Crippen molar-refractivity contribution >= 4 is 15.9 Å². The molecular weight excluding hydrogens is 314 g/mol. The Labute approximate surface area is 129 Å². The lowest BCUT2D eigenvalue weighted by molar-refractivity contribution is 0.511. The van der Waals surface area contributed by atoms with Crippen LogP contribution in [0.25, 0.3) is 0 Å². The van der Waals surface area contributed by atoms with E-state index in [9.17, 15) is 0 Å². The maximum absolute atomic E-state index is 4.44. The molecule has 1 unspecified atom stereocenters. The van der Waals surface area contributed by atoms with Crippen LogP contribution in [-0.2, 0) is 13.5 Å². The van der Waals surface area contributed by atoms with Crippen LogP contribution in [0.1, 0.15) is 36.3 Å². The molecule has 0 saturated carbocycles. The minimum absolute atomic E-state index is 0.306. The maximum atomic E-state index is 4.44. The van der Waals surface area contributed by atoms with Crippen LogP contribution in [0.2, 0.25) is 0 Å². The Morgan fingerprint density at radius 2 is 2.10 bits per heavy atom. The lowest BCUT2D eigenvalue weighted by Crippen LogP contribution is -2.25. The van der Waals surface area contributed by atoms with Gasteiger partial charge in [-0.3, -0.25) is 4.68 Å². The molecule has 0 fully saturated rings. The van der Waals surface area contributed by atoms with Crippen molar-refractivity contribution in [1.29, 1.82) is 0 Å². The van der Waals surface area contributed by atoms with Crippen LogP contribution in [0.5, 0.6) is 0 Å². The van der Waals surface area contributed by atoms with Gasteiger partial charge in [-0.25, -0.2) is 0 Å². The Kier molecular flexibility index (Phi) is 5.38. The highest BCUT2D eigenvalue weighted by Crippen LogP contribution is 2.26. The molecule has 1 heterocycles. The second-order valence-corrected chi connectivity index (χ2v) is 5.99. The second-order valence-electron chi connectivity index (χ2n) is 5.13. The minimum Gasteiger partial charge on any atom is -0.310 e. The Morgan fingerprint density at radius 1 is 1.35 bits per heavy atom. The number of hydrogen-bond donors (Lipinski definition) is 1. The van der Waals surface area contributed by atoms with E-state index in [0.717, 1.165) is 29.6 Å². The number of halogens is 1. The summed E-state index contributed by atoms with van der Waals surface area (Å²) >= 11 is 3.66. The van der Waals surface area contributed by atoms with Gasteiger partial charge in [-0.05, 0) is 37.6 Å². The maximum Gasteiger partial charge on any atom is 0.0596 e. The van der Waals surface area contributed by atoms with E-state index in [1.807, 2.05) is 18.7 Å². The monoisotopic (exact) mass is 335 g/mol. The minimum atomic E-state index is 0.306. The predicted octanol–water partition coefficient (Wildman–Crippen LogP) is 3.77. The first-order valence-corrected chi connectivity index (χ1v) is 7.88. The van der Waals surface area contributed by atoms with Gasteiger partial charge in [0.25, 0.3) is 0 Å². The summed E-state index contributed by atoms with van der Waals surface area (Å²) in [5.74, 6) is 0. The normalized spacial score (nSPS) is 12.6. The number of aryl methyl sites for hydroxylation is 2. The van der Waals surface area contributed by atoms with Gasteiger partial charge in [-0.2, -0.15) is 5.10 Å². The van der Waals surface area contributed by atoms with Crippen LogP contribution < -0.4 is 5.32 Å². The van der Waals surface area contributed by atoms with Gasteiger partial charge in [0, 0.05) is 29.7 Å². The summed E-state index contributed by atoms with van der Waals surface area (Å²) in [6, 6.07) is 10.9. The van der Waals surface area contributed by atoms with E-state index < -0.39 is 0 Å². The summed E-state index contributed by atoms with van der Waals surface area (Å²) in [5, 5.41) is 8.08. The lowest BCUT2D eigenvalue weighted by atomic mass is 10.0. The van der Waals surface area contributed by atoms with E-state index in [-0.39, 0.29) is 0 Å². The first-order chi connectivity index (χ1) is 9.61. The van der Waals surface area contributed by atoms with E-state index in [1.54, 1.807) is 0 Å². The van der Waals surface area contributed by atoms with Crippen LogP contribution in [-0.4, -0.2) is 16.3 Å². The van der Waals surface area contributed by atoms with Crippen LogP contribution in [0.4, 0.5) is 0 Å². The van der Waals surface area contributed by atoms with E-state index in [2.05, 4.69) is 63.6 Å². The van der Waals surface area contributed by atoms with Crippen LogP contribution >= 0.6 is 15.9 Å². The fraction of sp³-hybridized carbons (Fsp3) is 0.438. The van der Waals surface area contributed by atoms with E-state index >= 15 is 0 Å². The molecule has 1 aromatic carbocycles. The van der Waals surface area contributed by atoms with Gasteiger partial charge in [-0.1, -0.05) is 41.1 Å². The summed E-state index contributed by atoms with van der Waals surface area (Å²) in [6.07, 6.45) is 2.07. The SMILES string of the molecule is CCCNC(Cc1cc(C)nn1C)c1ccccc1Br. The number of benzene rings is 1. The molecule has 0 amide bonds. The zero-order valence-corrected chi connectivity index (χ0v) is 13.9. The number of aromatic nitrogens is 2. The molecular formula is C16H22BrN3. The first kappa shape index (κ1) is 15.3. The largest absolute Gasteiger partial charge is 0.310 e. The summed E-state index contributed by atoms with van der Waals surface area (Å²) in [7, 11) is 2.01. The molecule has 0 radical (unpaired) electrons. The highest BCUT2D eigenvalue weighted by atomic mass is 79.9. The topological polar surface area (TPSA) is 29.9 Å². The van der Waals surface area contributed by atoms with E-state index in [1.165, 1.54) is 11.3 Å². The van der Waals surface area contributed by atoms with Crippen LogP contribution in [0.15, 0.2) is 34.8 Å². The van der Waals surface area contributed by atoms with Crippen molar-refractivity contribution in [3.8, 4) is 0 Å². The van der Waals surface area contributed by atoms with Crippen molar-refractivity contribution in [1.82, 2.24) is 15.1 Å². The Morgan fingerprint density at radius 3 is 2.70 bits per heavy atom. The zero-order valence-electron chi connectivity index (χ0n) is 12.4. The molecule has 0 spiro atoms. The Bertz CT molecular complexity index is 563. The summed E-state index contributed by atoms with van der Waals surface area (Å²) in [4.78, 5) is 0. The average Bonchev–Trinajstić information content (AvgIpc) is 2.73. The summed E-state index contributed by atoms with van der Waals surface area (Å²) < 4.78 is 3.14. The fourth-order valence-corrected chi connectivity index (χ4v) is 2.99. The van der Waals surface area contributed by atoms with Gasteiger partial charge in [0.05, 0.1) is 5.69 Å². The summed E-state index contributed by atoms with van der Waals surface area (Å²) in [5.41, 5.74) is 3.63. The summed E-state index contributed by atoms with van der Waals surface area (Å²) in [6.45, 7) is 5.25. The van der Waals surface area contributed by atoms with Crippen LogP contribution in [0, 0.1) is 6.92 Å². The molecule has 0 aliphatic rings. The second kappa shape index (κ2) is 7.04. The van der Waals surface area contributed by atoms with E-state index in [0.29, 0.717) is 6.04 Å².